The monoisotopic (exact) mass is 342 g/mol. The molecule has 0 aliphatic heterocycles. The highest BCUT2D eigenvalue weighted by molar-refractivity contribution is 9.10. The molecule has 0 saturated carbocycles. The van der Waals surface area contributed by atoms with E-state index in [1.54, 1.807) is 0 Å². The summed E-state index contributed by atoms with van der Waals surface area (Å²) in [6, 6.07) is 7.85. The number of nitrogens with zero attached hydrogens (tertiary/aromatic N) is 1. The number of hydrogen-bond donors (Lipinski definition) is 2. The van der Waals surface area contributed by atoms with Gasteiger partial charge in [-0.15, -0.1) is 0 Å². The second-order valence-electron chi connectivity index (χ2n) is 4.72. The van der Waals surface area contributed by atoms with Gasteiger partial charge < -0.3 is 10.4 Å². The van der Waals surface area contributed by atoms with E-state index >= 15 is 0 Å². The van der Waals surface area contributed by atoms with Crippen molar-refractivity contribution in [3.63, 3.8) is 0 Å². The van der Waals surface area contributed by atoms with Gasteiger partial charge in [-0.05, 0) is 31.0 Å². The topological polar surface area (TPSA) is 52.6 Å². The number of carbonyl (C=O) groups excluding carboxylic acids is 1. The van der Waals surface area contributed by atoms with Crippen molar-refractivity contribution < 1.29 is 9.90 Å². The van der Waals surface area contributed by atoms with Gasteiger partial charge in [-0.1, -0.05) is 35.8 Å². The van der Waals surface area contributed by atoms with Gasteiger partial charge in [0.1, 0.15) is 0 Å². The minimum absolute atomic E-state index is 0.0524. The standard InChI is InChI=1S/C15H23BrN2O2/c1-3-14(4-2)18(8-9-19)11-15(20)17-13-7-5-6-12(16)10-13/h5-7,10,14,19H,3-4,8-9,11H2,1-2H3,(H,17,20). The molecule has 1 aromatic rings. The largest absolute Gasteiger partial charge is 0.395 e. The predicted molar refractivity (Wildman–Crippen MR) is 85.8 cm³/mol. The number of amides is 1. The number of anilines is 1. The first kappa shape index (κ1) is 17.1. The normalized spacial score (nSPS) is 11.1. The summed E-state index contributed by atoms with van der Waals surface area (Å²) >= 11 is 3.38. The molecule has 2 N–H and O–H groups in total. The third-order valence-electron chi connectivity index (χ3n) is 3.30. The van der Waals surface area contributed by atoms with Crippen molar-refractivity contribution in [2.75, 3.05) is 25.0 Å². The number of aliphatic hydroxyl groups is 1. The molecule has 0 heterocycles. The van der Waals surface area contributed by atoms with Crippen molar-refractivity contribution in [2.45, 2.75) is 32.7 Å². The van der Waals surface area contributed by atoms with Crippen LogP contribution in [0.4, 0.5) is 5.69 Å². The van der Waals surface area contributed by atoms with Crippen LogP contribution >= 0.6 is 15.9 Å². The van der Waals surface area contributed by atoms with E-state index < -0.39 is 0 Å². The molecule has 20 heavy (non-hydrogen) atoms. The van der Waals surface area contributed by atoms with Gasteiger partial charge in [0.15, 0.2) is 0 Å². The maximum absolute atomic E-state index is 12.1. The molecule has 0 aliphatic carbocycles. The van der Waals surface area contributed by atoms with E-state index in [2.05, 4.69) is 35.1 Å². The second kappa shape index (κ2) is 9.10. The summed E-state index contributed by atoms with van der Waals surface area (Å²) in [4.78, 5) is 14.1. The molecule has 0 radical (unpaired) electrons. The highest BCUT2D eigenvalue weighted by atomic mass is 79.9. The van der Waals surface area contributed by atoms with Crippen LogP contribution in [0.15, 0.2) is 28.7 Å². The van der Waals surface area contributed by atoms with E-state index in [9.17, 15) is 4.79 Å². The smallest absolute Gasteiger partial charge is 0.238 e. The lowest BCUT2D eigenvalue weighted by atomic mass is 10.1. The average Bonchev–Trinajstić information content (AvgIpc) is 2.40. The van der Waals surface area contributed by atoms with Crippen molar-refractivity contribution in [3.8, 4) is 0 Å². The minimum atomic E-state index is -0.0524. The maximum atomic E-state index is 12.1. The van der Waals surface area contributed by atoms with E-state index in [1.165, 1.54) is 0 Å². The number of rotatable bonds is 8. The molecule has 0 fully saturated rings. The number of benzene rings is 1. The van der Waals surface area contributed by atoms with Crippen molar-refractivity contribution in [1.29, 1.82) is 0 Å². The van der Waals surface area contributed by atoms with E-state index in [-0.39, 0.29) is 12.5 Å². The van der Waals surface area contributed by atoms with Crippen LogP contribution in [0, 0.1) is 0 Å². The van der Waals surface area contributed by atoms with Crippen LogP contribution in [0.1, 0.15) is 26.7 Å². The van der Waals surface area contributed by atoms with Crippen LogP contribution in [0.5, 0.6) is 0 Å². The fourth-order valence-corrected chi connectivity index (χ4v) is 2.67. The van der Waals surface area contributed by atoms with Gasteiger partial charge in [-0.2, -0.15) is 0 Å². The third kappa shape index (κ3) is 5.61. The number of nitrogens with one attached hydrogen (secondary N) is 1. The summed E-state index contributed by atoms with van der Waals surface area (Å²) in [6.45, 7) is 5.11. The van der Waals surface area contributed by atoms with Gasteiger partial charge in [-0.3, -0.25) is 9.69 Å². The van der Waals surface area contributed by atoms with Crippen LogP contribution in [0.3, 0.4) is 0 Å². The maximum Gasteiger partial charge on any atom is 0.238 e. The van der Waals surface area contributed by atoms with Crippen molar-refractivity contribution >= 4 is 27.5 Å². The Morgan fingerprint density at radius 3 is 2.65 bits per heavy atom. The van der Waals surface area contributed by atoms with Gasteiger partial charge in [0.05, 0.1) is 13.2 Å². The molecule has 4 nitrogen and oxygen atoms in total. The van der Waals surface area contributed by atoms with E-state index in [0.717, 1.165) is 23.0 Å². The molecule has 0 spiro atoms. The van der Waals surface area contributed by atoms with Crippen LogP contribution in [0.25, 0.3) is 0 Å². The fourth-order valence-electron chi connectivity index (χ4n) is 2.28. The Bertz CT molecular complexity index is 422. The number of carbonyl (C=O) groups is 1. The Kier molecular flexibility index (Phi) is 7.80. The summed E-state index contributed by atoms with van der Waals surface area (Å²) in [7, 11) is 0. The van der Waals surface area contributed by atoms with Gasteiger partial charge in [0, 0.05) is 22.7 Å². The highest BCUT2D eigenvalue weighted by Crippen LogP contribution is 2.16. The summed E-state index contributed by atoms with van der Waals surface area (Å²) in [5, 5.41) is 12.0. The zero-order valence-electron chi connectivity index (χ0n) is 12.1. The number of hydrogen-bond acceptors (Lipinski definition) is 3. The first-order chi connectivity index (χ1) is 9.60. The van der Waals surface area contributed by atoms with Gasteiger partial charge in [0.25, 0.3) is 0 Å². The van der Waals surface area contributed by atoms with Crippen molar-refractivity contribution in [3.05, 3.63) is 28.7 Å². The SMILES string of the molecule is CCC(CC)N(CCO)CC(=O)Nc1cccc(Br)c1. The Labute approximate surface area is 129 Å². The van der Waals surface area contributed by atoms with Gasteiger partial charge in [0.2, 0.25) is 5.91 Å². The zero-order valence-corrected chi connectivity index (χ0v) is 13.7. The Morgan fingerprint density at radius 2 is 2.10 bits per heavy atom. The summed E-state index contributed by atoms with van der Waals surface area (Å²) < 4.78 is 0.933. The van der Waals surface area contributed by atoms with Gasteiger partial charge >= 0.3 is 0 Å². The molecular formula is C15H23BrN2O2. The number of halogens is 1. The fraction of sp³-hybridized carbons (Fsp3) is 0.533. The van der Waals surface area contributed by atoms with E-state index in [4.69, 9.17) is 5.11 Å². The molecule has 0 unspecified atom stereocenters. The Balaban J connectivity index is 2.61. The molecule has 5 heteroatoms. The average molecular weight is 343 g/mol. The summed E-state index contributed by atoms with van der Waals surface area (Å²) in [5.74, 6) is -0.0524. The molecule has 0 aromatic heterocycles. The molecule has 0 aliphatic rings. The number of aliphatic hydroxyl groups excluding tert-OH is 1. The summed E-state index contributed by atoms with van der Waals surface area (Å²) in [6.07, 6.45) is 1.95. The summed E-state index contributed by atoms with van der Waals surface area (Å²) in [5.41, 5.74) is 0.776. The Morgan fingerprint density at radius 1 is 1.40 bits per heavy atom. The minimum Gasteiger partial charge on any atom is -0.395 e. The first-order valence-electron chi connectivity index (χ1n) is 7.01. The van der Waals surface area contributed by atoms with Crippen LogP contribution in [0.2, 0.25) is 0 Å². The molecule has 0 saturated heterocycles. The lowest BCUT2D eigenvalue weighted by Crippen LogP contribution is -2.42. The van der Waals surface area contributed by atoms with Crippen LogP contribution < -0.4 is 5.32 Å². The predicted octanol–water partition coefficient (Wildman–Crippen LogP) is 2.87. The first-order valence-corrected chi connectivity index (χ1v) is 7.80. The lowest BCUT2D eigenvalue weighted by molar-refractivity contribution is -0.118. The van der Waals surface area contributed by atoms with Gasteiger partial charge in [-0.25, -0.2) is 0 Å². The van der Waals surface area contributed by atoms with E-state index in [0.29, 0.717) is 19.1 Å². The quantitative estimate of drug-likeness (QED) is 0.763. The van der Waals surface area contributed by atoms with E-state index in [1.807, 2.05) is 29.2 Å². The van der Waals surface area contributed by atoms with Crippen molar-refractivity contribution in [2.24, 2.45) is 0 Å². The molecule has 1 rings (SSSR count). The molecule has 1 amide bonds. The van der Waals surface area contributed by atoms with Crippen molar-refractivity contribution in [1.82, 2.24) is 4.90 Å². The van der Waals surface area contributed by atoms with Crippen LogP contribution in [-0.2, 0) is 4.79 Å². The Hall–Kier alpha value is -0.910. The molecule has 112 valence electrons. The molecule has 0 atom stereocenters. The molecule has 1 aromatic carbocycles. The molecule has 0 bridgehead atoms. The third-order valence-corrected chi connectivity index (χ3v) is 3.79. The lowest BCUT2D eigenvalue weighted by Gasteiger charge is -2.29. The second-order valence-corrected chi connectivity index (χ2v) is 5.64. The zero-order chi connectivity index (χ0) is 15.0. The van der Waals surface area contributed by atoms with Crippen LogP contribution in [-0.4, -0.2) is 41.7 Å². The molecular weight excluding hydrogens is 320 g/mol. The highest BCUT2D eigenvalue weighted by Gasteiger charge is 2.17.